The summed E-state index contributed by atoms with van der Waals surface area (Å²) in [6.45, 7) is 6.30. The van der Waals surface area contributed by atoms with E-state index in [0.717, 1.165) is 19.5 Å². The molecule has 3 nitrogen and oxygen atoms in total. The maximum atomic E-state index is 10.6. The number of nitrogens with one attached hydrogen (secondary N) is 1. The van der Waals surface area contributed by atoms with Crippen molar-refractivity contribution in [2.24, 2.45) is 17.8 Å². The molecule has 0 radical (unpaired) electrons. The third-order valence-electron chi connectivity index (χ3n) is 2.97. The predicted octanol–water partition coefficient (Wildman–Crippen LogP) is 1.34. The minimum absolute atomic E-state index is 0.338. The summed E-state index contributed by atoms with van der Waals surface area (Å²) < 4.78 is 0. The van der Waals surface area contributed by atoms with Gasteiger partial charge >= 0.3 is 5.97 Å². The maximum Gasteiger partial charge on any atom is 0.303 e. The van der Waals surface area contributed by atoms with Crippen molar-refractivity contribution in [3.05, 3.63) is 0 Å². The van der Waals surface area contributed by atoms with E-state index in [1.807, 2.05) is 0 Å². The van der Waals surface area contributed by atoms with Crippen molar-refractivity contribution in [3.8, 4) is 0 Å². The molecule has 1 fully saturated rings. The second-order valence-electron chi connectivity index (χ2n) is 4.26. The molecular formula is C10H19NO2. The Balaban J connectivity index is 2.51. The number of rotatable bonds is 3. The van der Waals surface area contributed by atoms with Crippen LogP contribution < -0.4 is 5.32 Å². The molecule has 0 aromatic carbocycles. The molecule has 1 aliphatic heterocycles. The predicted molar refractivity (Wildman–Crippen MR) is 51.6 cm³/mol. The Bertz CT molecular complexity index is 180. The van der Waals surface area contributed by atoms with Gasteiger partial charge in [0.2, 0.25) is 0 Å². The fourth-order valence-electron chi connectivity index (χ4n) is 2.19. The van der Waals surface area contributed by atoms with Crippen molar-refractivity contribution in [3.63, 3.8) is 0 Å². The highest BCUT2D eigenvalue weighted by Gasteiger charge is 2.28. The highest BCUT2D eigenvalue weighted by Crippen LogP contribution is 2.28. The Hall–Kier alpha value is -0.570. The zero-order valence-electron chi connectivity index (χ0n) is 8.42. The van der Waals surface area contributed by atoms with Gasteiger partial charge in [0.1, 0.15) is 0 Å². The minimum atomic E-state index is -0.655. The van der Waals surface area contributed by atoms with Crippen molar-refractivity contribution in [2.45, 2.75) is 26.7 Å². The van der Waals surface area contributed by atoms with Crippen molar-refractivity contribution in [2.75, 3.05) is 13.1 Å². The average molecular weight is 185 g/mol. The van der Waals surface area contributed by atoms with Crippen molar-refractivity contribution in [1.82, 2.24) is 5.32 Å². The Morgan fingerprint density at radius 2 is 2.31 bits per heavy atom. The molecule has 2 N–H and O–H groups in total. The van der Waals surface area contributed by atoms with Gasteiger partial charge in [0.05, 0.1) is 0 Å². The fraction of sp³-hybridized carbons (Fsp3) is 0.900. The minimum Gasteiger partial charge on any atom is -0.481 e. The van der Waals surface area contributed by atoms with Crippen LogP contribution in [0.5, 0.6) is 0 Å². The van der Waals surface area contributed by atoms with E-state index in [1.165, 1.54) is 0 Å². The van der Waals surface area contributed by atoms with Crippen LogP contribution in [-0.4, -0.2) is 24.2 Å². The van der Waals surface area contributed by atoms with Gasteiger partial charge in [0.25, 0.3) is 0 Å². The quantitative estimate of drug-likeness (QED) is 0.697. The van der Waals surface area contributed by atoms with Crippen LogP contribution >= 0.6 is 0 Å². The zero-order valence-corrected chi connectivity index (χ0v) is 8.42. The number of carboxylic acid groups (broad SMARTS) is 1. The summed E-state index contributed by atoms with van der Waals surface area (Å²) in [6.07, 6.45) is 1.35. The van der Waals surface area contributed by atoms with Crippen LogP contribution in [0.4, 0.5) is 0 Å². The van der Waals surface area contributed by atoms with Gasteiger partial charge in [0, 0.05) is 6.42 Å². The standard InChI is InChI=1S/C10H19NO2/c1-7(2)9-6-11-4-3-8(9)5-10(12)13/h7-9,11H,3-6H2,1-2H3,(H,12,13). The lowest BCUT2D eigenvalue weighted by molar-refractivity contribution is -0.138. The summed E-state index contributed by atoms with van der Waals surface area (Å²) >= 11 is 0. The molecule has 0 saturated carbocycles. The summed E-state index contributed by atoms with van der Waals surface area (Å²) in [6, 6.07) is 0. The fourth-order valence-corrected chi connectivity index (χ4v) is 2.19. The Kier molecular flexibility index (Phi) is 3.72. The van der Waals surface area contributed by atoms with Gasteiger partial charge in [0.15, 0.2) is 0 Å². The van der Waals surface area contributed by atoms with Gasteiger partial charge in [-0.25, -0.2) is 0 Å². The lowest BCUT2D eigenvalue weighted by Crippen LogP contribution is -2.40. The molecule has 3 heteroatoms. The van der Waals surface area contributed by atoms with Gasteiger partial charge in [-0.1, -0.05) is 13.8 Å². The summed E-state index contributed by atoms with van der Waals surface area (Å²) in [4.78, 5) is 10.6. The van der Waals surface area contributed by atoms with E-state index in [1.54, 1.807) is 0 Å². The molecule has 0 aromatic rings. The number of aliphatic carboxylic acids is 1. The second-order valence-corrected chi connectivity index (χ2v) is 4.26. The first kappa shape index (κ1) is 10.5. The van der Waals surface area contributed by atoms with Gasteiger partial charge in [-0.15, -0.1) is 0 Å². The third-order valence-corrected chi connectivity index (χ3v) is 2.97. The SMILES string of the molecule is CC(C)C1CNCCC1CC(=O)O. The van der Waals surface area contributed by atoms with Crippen molar-refractivity contribution >= 4 is 5.97 Å². The molecule has 1 saturated heterocycles. The molecule has 2 atom stereocenters. The summed E-state index contributed by atoms with van der Waals surface area (Å²) in [5, 5.41) is 12.1. The molecule has 0 bridgehead atoms. The first-order valence-electron chi connectivity index (χ1n) is 5.03. The smallest absolute Gasteiger partial charge is 0.303 e. The second kappa shape index (κ2) is 4.61. The summed E-state index contributed by atoms with van der Waals surface area (Å²) in [5.41, 5.74) is 0. The highest BCUT2D eigenvalue weighted by molar-refractivity contribution is 5.67. The molecule has 0 aromatic heterocycles. The van der Waals surface area contributed by atoms with Crippen LogP contribution in [-0.2, 0) is 4.79 Å². The van der Waals surface area contributed by atoms with E-state index >= 15 is 0 Å². The number of piperidine rings is 1. The van der Waals surface area contributed by atoms with E-state index in [2.05, 4.69) is 19.2 Å². The Morgan fingerprint density at radius 3 is 2.85 bits per heavy atom. The number of hydrogen-bond donors (Lipinski definition) is 2. The molecule has 1 rings (SSSR count). The molecule has 1 heterocycles. The van der Waals surface area contributed by atoms with Crippen LogP contribution in [0.2, 0.25) is 0 Å². The zero-order chi connectivity index (χ0) is 9.84. The largest absolute Gasteiger partial charge is 0.481 e. The van der Waals surface area contributed by atoms with Gasteiger partial charge < -0.3 is 10.4 Å². The molecule has 1 aliphatic rings. The number of carboxylic acids is 1. The highest BCUT2D eigenvalue weighted by atomic mass is 16.4. The van der Waals surface area contributed by atoms with Crippen LogP contribution in [0, 0.1) is 17.8 Å². The first-order valence-corrected chi connectivity index (χ1v) is 5.03. The number of hydrogen-bond acceptors (Lipinski definition) is 2. The molecule has 2 unspecified atom stereocenters. The summed E-state index contributed by atoms with van der Waals surface area (Å²) in [5.74, 6) is 0.832. The lowest BCUT2D eigenvalue weighted by atomic mass is 9.77. The summed E-state index contributed by atoms with van der Waals surface area (Å²) in [7, 11) is 0. The van der Waals surface area contributed by atoms with Crippen molar-refractivity contribution < 1.29 is 9.90 Å². The molecule has 13 heavy (non-hydrogen) atoms. The first-order chi connectivity index (χ1) is 6.11. The molecule has 76 valence electrons. The van der Waals surface area contributed by atoms with Crippen LogP contribution in [0.1, 0.15) is 26.7 Å². The van der Waals surface area contributed by atoms with Gasteiger partial charge in [-0.05, 0) is 37.3 Å². The maximum absolute atomic E-state index is 10.6. The van der Waals surface area contributed by atoms with Crippen LogP contribution in [0.15, 0.2) is 0 Å². The molecule has 0 amide bonds. The van der Waals surface area contributed by atoms with E-state index in [-0.39, 0.29) is 0 Å². The number of carbonyl (C=O) groups is 1. The van der Waals surface area contributed by atoms with E-state index < -0.39 is 5.97 Å². The third kappa shape index (κ3) is 2.99. The van der Waals surface area contributed by atoms with E-state index in [4.69, 9.17) is 5.11 Å². The Morgan fingerprint density at radius 1 is 1.62 bits per heavy atom. The monoisotopic (exact) mass is 185 g/mol. The molecule has 0 aliphatic carbocycles. The molecule has 0 spiro atoms. The Labute approximate surface area is 79.5 Å². The van der Waals surface area contributed by atoms with Crippen LogP contribution in [0.25, 0.3) is 0 Å². The van der Waals surface area contributed by atoms with E-state index in [9.17, 15) is 4.79 Å². The normalized spacial score (nSPS) is 29.2. The van der Waals surface area contributed by atoms with Gasteiger partial charge in [-0.2, -0.15) is 0 Å². The topological polar surface area (TPSA) is 49.3 Å². The van der Waals surface area contributed by atoms with Crippen molar-refractivity contribution in [1.29, 1.82) is 0 Å². The lowest BCUT2D eigenvalue weighted by Gasteiger charge is -2.34. The van der Waals surface area contributed by atoms with Gasteiger partial charge in [-0.3, -0.25) is 4.79 Å². The molecular weight excluding hydrogens is 166 g/mol. The van der Waals surface area contributed by atoms with E-state index in [0.29, 0.717) is 24.2 Å². The van der Waals surface area contributed by atoms with Crippen LogP contribution in [0.3, 0.4) is 0 Å². The average Bonchev–Trinajstić information content (AvgIpc) is 2.03.